The highest BCUT2D eigenvalue weighted by atomic mass is 19.4. The quantitative estimate of drug-likeness (QED) is 0.327. The highest BCUT2D eigenvalue weighted by Crippen LogP contribution is 2.42. The summed E-state index contributed by atoms with van der Waals surface area (Å²) in [5, 5.41) is 2.61. The van der Waals surface area contributed by atoms with Gasteiger partial charge in [0.15, 0.2) is 0 Å². The molecule has 4 aromatic rings. The van der Waals surface area contributed by atoms with Crippen molar-refractivity contribution >= 4 is 23.3 Å². The number of benzene rings is 2. The average Bonchev–Trinajstić information content (AvgIpc) is 3.58. The number of hydrogen-bond donors (Lipinski definition) is 1. The van der Waals surface area contributed by atoms with E-state index in [1.54, 1.807) is 37.1 Å². The Morgan fingerprint density at radius 2 is 1.68 bits per heavy atom. The minimum absolute atomic E-state index is 0.190. The molecule has 0 fully saturated rings. The Morgan fingerprint density at radius 1 is 0.974 bits per heavy atom. The summed E-state index contributed by atoms with van der Waals surface area (Å²) in [6.07, 6.45) is -1.01. The van der Waals surface area contributed by atoms with Crippen LogP contribution < -0.4 is 10.2 Å². The summed E-state index contributed by atoms with van der Waals surface area (Å²) in [5.41, 5.74) is 1.68. The van der Waals surface area contributed by atoms with Gasteiger partial charge in [-0.3, -0.25) is 9.69 Å². The molecule has 0 saturated heterocycles. The maximum absolute atomic E-state index is 14.0. The van der Waals surface area contributed by atoms with E-state index in [4.69, 9.17) is 4.42 Å². The van der Waals surface area contributed by atoms with Crippen molar-refractivity contribution < 1.29 is 27.2 Å². The van der Waals surface area contributed by atoms with Gasteiger partial charge in [0.05, 0.1) is 28.9 Å². The highest BCUT2D eigenvalue weighted by Gasteiger charge is 2.38. The van der Waals surface area contributed by atoms with Gasteiger partial charge in [-0.1, -0.05) is 12.1 Å². The average molecular weight is 523 g/mol. The number of hydrogen-bond acceptors (Lipinski definition) is 3. The minimum Gasteiger partial charge on any atom is -0.467 e. The van der Waals surface area contributed by atoms with E-state index < -0.39 is 23.8 Å². The van der Waals surface area contributed by atoms with Crippen LogP contribution in [0.3, 0.4) is 0 Å². The molecule has 2 aromatic heterocycles. The first kappa shape index (κ1) is 25.2. The number of carbonyl (C=O) groups excluding carboxylic acids is 2. The highest BCUT2D eigenvalue weighted by molar-refractivity contribution is 6.01. The van der Waals surface area contributed by atoms with Gasteiger partial charge in [0.25, 0.3) is 0 Å². The van der Waals surface area contributed by atoms with Gasteiger partial charge in [-0.25, -0.2) is 4.79 Å². The number of urea groups is 1. The van der Waals surface area contributed by atoms with E-state index in [0.717, 1.165) is 23.5 Å². The van der Waals surface area contributed by atoms with Crippen LogP contribution in [0.4, 0.5) is 29.3 Å². The van der Waals surface area contributed by atoms with Crippen molar-refractivity contribution in [3.05, 3.63) is 102 Å². The zero-order chi connectivity index (χ0) is 27.0. The van der Waals surface area contributed by atoms with E-state index in [1.807, 2.05) is 47.2 Å². The summed E-state index contributed by atoms with van der Waals surface area (Å²) in [6.45, 7) is 3.26. The van der Waals surface area contributed by atoms with Gasteiger partial charge in [-0.15, -0.1) is 0 Å². The summed E-state index contributed by atoms with van der Waals surface area (Å²) in [7, 11) is 0. The van der Waals surface area contributed by atoms with E-state index in [2.05, 4.69) is 5.32 Å². The smallest absolute Gasteiger partial charge is 0.416 e. The van der Waals surface area contributed by atoms with Gasteiger partial charge in [0, 0.05) is 17.9 Å². The number of nitrogens with zero attached hydrogens (tertiary/aromatic N) is 3. The molecule has 2 aromatic carbocycles. The molecule has 1 aliphatic rings. The van der Waals surface area contributed by atoms with Crippen LogP contribution in [0.25, 0.3) is 5.69 Å². The third kappa shape index (κ3) is 4.65. The molecule has 38 heavy (non-hydrogen) atoms. The fourth-order valence-corrected chi connectivity index (χ4v) is 4.63. The van der Waals surface area contributed by atoms with Crippen molar-refractivity contribution in [1.29, 1.82) is 0 Å². The first-order chi connectivity index (χ1) is 18.1. The van der Waals surface area contributed by atoms with E-state index >= 15 is 0 Å². The summed E-state index contributed by atoms with van der Waals surface area (Å²) in [5.74, 6) is 0.223. The Labute approximate surface area is 217 Å². The normalized spacial score (nSPS) is 14.7. The summed E-state index contributed by atoms with van der Waals surface area (Å²) >= 11 is 0. The zero-order valence-electron chi connectivity index (χ0n) is 20.6. The molecule has 1 atom stereocenters. The lowest BCUT2D eigenvalue weighted by molar-refractivity contribution is -0.137. The van der Waals surface area contributed by atoms with Crippen molar-refractivity contribution in [3.8, 4) is 5.69 Å². The van der Waals surface area contributed by atoms with Crippen LogP contribution in [0.2, 0.25) is 0 Å². The molecule has 0 bridgehead atoms. The largest absolute Gasteiger partial charge is 0.467 e. The number of amides is 3. The molecule has 1 unspecified atom stereocenters. The summed E-state index contributed by atoms with van der Waals surface area (Å²) in [6, 6.07) is 17.5. The van der Waals surface area contributed by atoms with Crippen LogP contribution in [0.5, 0.6) is 0 Å². The van der Waals surface area contributed by atoms with Crippen LogP contribution in [0.15, 0.2) is 89.7 Å². The number of fused-ring (bicyclic) bond motifs is 3. The maximum Gasteiger partial charge on any atom is 0.416 e. The Morgan fingerprint density at radius 3 is 2.32 bits per heavy atom. The molecule has 1 aliphatic heterocycles. The van der Waals surface area contributed by atoms with Gasteiger partial charge in [0.1, 0.15) is 18.3 Å². The molecule has 0 saturated carbocycles. The van der Waals surface area contributed by atoms with Gasteiger partial charge < -0.3 is 19.2 Å². The summed E-state index contributed by atoms with van der Waals surface area (Å²) < 4.78 is 46.4. The van der Waals surface area contributed by atoms with Crippen LogP contribution in [0, 0.1) is 0 Å². The zero-order valence-corrected chi connectivity index (χ0v) is 20.6. The van der Waals surface area contributed by atoms with Gasteiger partial charge in [0.2, 0.25) is 5.91 Å². The fourth-order valence-electron chi connectivity index (χ4n) is 4.63. The molecule has 3 amide bonds. The Bertz CT molecular complexity index is 1440. The van der Waals surface area contributed by atoms with Crippen molar-refractivity contribution in [2.24, 2.45) is 0 Å². The van der Waals surface area contributed by atoms with E-state index in [0.29, 0.717) is 11.4 Å². The van der Waals surface area contributed by atoms with Gasteiger partial charge in [-0.05, 0) is 74.5 Å². The number of carbonyl (C=O) groups is 2. The number of para-hydroxylation sites is 2. The number of anilines is 2. The molecule has 0 aliphatic carbocycles. The van der Waals surface area contributed by atoms with Gasteiger partial charge in [-0.2, -0.15) is 13.2 Å². The predicted molar refractivity (Wildman–Crippen MR) is 136 cm³/mol. The lowest BCUT2D eigenvalue weighted by atomic mass is 10.0. The SMILES string of the molecule is CC(C)N(CC(=O)N1c2ccccc2-n2cccc2C1c1ccco1)C(=O)Nc1ccc(C(F)(F)F)cc1. The molecule has 7 nitrogen and oxygen atoms in total. The number of aromatic nitrogens is 1. The van der Waals surface area contributed by atoms with Crippen LogP contribution in [-0.2, 0) is 11.0 Å². The lowest BCUT2D eigenvalue weighted by Crippen LogP contribution is -2.49. The molecular formula is C28H25F3N4O3. The van der Waals surface area contributed by atoms with Crippen LogP contribution in [0.1, 0.15) is 36.9 Å². The molecule has 196 valence electrons. The second kappa shape index (κ2) is 9.77. The molecule has 10 heteroatoms. The van der Waals surface area contributed by atoms with Crippen molar-refractivity contribution in [2.45, 2.75) is 32.1 Å². The molecule has 0 radical (unpaired) electrons. The standard InChI is InChI=1S/C28H25F3N4O3/c1-18(2)34(27(37)32-20-13-11-19(12-14-20)28(29,30)31)17-25(36)35-22-8-4-3-7-21(22)33-15-5-9-23(33)26(35)24-10-6-16-38-24/h3-16,18,26H,17H2,1-2H3,(H,32,37). The van der Waals surface area contributed by atoms with Crippen molar-refractivity contribution in [1.82, 2.24) is 9.47 Å². The predicted octanol–water partition coefficient (Wildman–Crippen LogP) is 6.47. The molecular weight excluding hydrogens is 497 g/mol. The Kier molecular flexibility index (Phi) is 6.48. The first-order valence-electron chi connectivity index (χ1n) is 12.0. The van der Waals surface area contributed by atoms with Crippen LogP contribution in [-0.4, -0.2) is 34.0 Å². The Hall–Kier alpha value is -4.47. The number of halogens is 3. The monoisotopic (exact) mass is 522 g/mol. The molecule has 3 heterocycles. The maximum atomic E-state index is 14.0. The number of nitrogens with one attached hydrogen (secondary N) is 1. The number of furan rings is 1. The van der Waals surface area contributed by atoms with Crippen molar-refractivity contribution in [3.63, 3.8) is 0 Å². The van der Waals surface area contributed by atoms with Gasteiger partial charge >= 0.3 is 12.2 Å². The fraction of sp³-hybridized carbons (Fsp3) is 0.214. The second-order valence-electron chi connectivity index (χ2n) is 9.20. The number of alkyl halides is 3. The lowest BCUT2D eigenvalue weighted by Gasteiger charge is -2.38. The van der Waals surface area contributed by atoms with E-state index in [-0.39, 0.29) is 24.2 Å². The second-order valence-corrected chi connectivity index (χ2v) is 9.20. The number of rotatable bonds is 5. The summed E-state index contributed by atoms with van der Waals surface area (Å²) in [4.78, 5) is 30.1. The molecule has 0 spiro atoms. The van der Waals surface area contributed by atoms with Crippen LogP contribution >= 0.6 is 0 Å². The molecule has 1 N–H and O–H groups in total. The molecule has 5 rings (SSSR count). The topological polar surface area (TPSA) is 70.7 Å². The third-order valence-electron chi connectivity index (χ3n) is 6.45. The van der Waals surface area contributed by atoms with E-state index in [1.165, 1.54) is 17.0 Å². The third-order valence-corrected chi connectivity index (χ3v) is 6.45. The van der Waals surface area contributed by atoms with E-state index in [9.17, 15) is 22.8 Å². The minimum atomic E-state index is -4.48. The first-order valence-corrected chi connectivity index (χ1v) is 12.0. The van der Waals surface area contributed by atoms with Crippen molar-refractivity contribution in [2.75, 3.05) is 16.8 Å². The Balaban J connectivity index is 1.44.